The zero-order valence-electron chi connectivity index (χ0n) is 23.2. The molecule has 2 aliphatic carbocycles. The molecule has 1 saturated heterocycles. The molecule has 6 atom stereocenters. The third kappa shape index (κ3) is 5.39. The molecule has 0 radical (unpaired) electrons. The van der Waals surface area contributed by atoms with Crippen LogP contribution in [0.15, 0.2) is 66.7 Å². The smallest absolute Gasteiger partial charge is 0.224 e. The highest BCUT2D eigenvalue weighted by Crippen LogP contribution is 2.82. The lowest BCUT2D eigenvalue weighted by molar-refractivity contribution is -0.115. The van der Waals surface area contributed by atoms with E-state index in [2.05, 4.69) is 35.6 Å². The second-order valence-corrected chi connectivity index (χ2v) is 12.0. The van der Waals surface area contributed by atoms with Crippen molar-refractivity contribution < 1.29 is 19.4 Å². The normalized spacial score (nSPS) is 28.4. The molecule has 1 amide bonds. The third-order valence-corrected chi connectivity index (χ3v) is 9.46. The van der Waals surface area contributed by atoms with E-state index >= 15 is 0 Å². The lowest BCUT2D eigenvalue weighted by Gasteiger charge is -2.35. The van der Waals surface area contributed by atoms with E-state index in [0.29, 0.717) is 37.7 Å². The third-order valence-electron chi connectivity index (χ3n) is 9.09. The molecule has 3 aromatic carbocycles. The highest BCUT2D eigenvalue weighted by Gasteiger charge is 2.79. The van der Waals surface area contributed by atoms with Crippen molar-refractivity contribution in [2.24, 2.45) is 11.8 Å². The summed E-state index contributed by atoms with van der Waals surface area (Å²) in [6.07, 6.45) is 3.99. The summed E-state index contributed by atoms with van der Waals surface area (Å²) in [5.74, 6) is 2.09. The van der Waals surface area contributed by atoms with E-state index in [1.54, 1.807) is 0 Å². The number of anilines is 1. The zero-order valence-corrected chi connectivity index (χ0v) is 24.0. The van der Waals surface area contributed by atoms with Gasteiger partial charge in [-0.1, -0.05) is 61.0 Å². The molecule has 2 N–H and O–H groups in total. The van der Waals surface area contributed by atoms with Crippen LogP contribution in [-0.2, 0) is 21.4 Å². The molecule has 3 aliphatic rings. The van der Waals surface area contributed by atoms with Crippen molar-refractivity contribution in [1.82, 2.24) is 0 Å². The van der Waals surface area contributed by atoms with E-state index < -0.39 is 6.10 Å². The Morgan fingerprint density at radius 1 is 1.10 bits per heavy atom. The van der Waals surface area contributed by atoms with Crippen LogP contribution < -0.4 is 10.1 Å². The maximum absolute atomic E-state index is 12.1. The van der Waals surface area contributed by atoms with Gasteiger partial charge >= 0.3 is 0 Å². The average Bonchev–Trinajstić information content (AvgIpc) is 3.84. The second-order valence-electron chi connectivity index (χ2n) is 11.6. The van der Waals surface area contributed by atoms with E-state index in [1.165, 1.54) is 17.5 Å². The fourth-order valence-electron chi connectivity index (χ4n) is 6.82. The molecule has 6 rings (SSSR count). The van der Waals surface area contributed by atoms with Gasteiger partial charge in [0.15, 0.2) is 0 Å². The Balaban J connectivity index is 1.13. The van der Waals surface area contributed by atoms with Gasteiger partial charge < -0.3 is 19.9 Å². The molecule has 3 fully saturated rings. The Labute approximate surface area is 241 Å². The van der Waals surface area contributed by atoms with Crippen molar-refractivity contribution in [3.05, 3.63) is 94.0 Å². The first-order valence-corrected chi connectivity index (χ1v) is 15.0. The van der Waals surface area contributed by atoms with Crippen LogP contribution in [0, 0.1) is 11.8 Å². The van der Waals surface area contributed by atoms with Crippen LogP contribution in [0.2, 0.25) is 5.02 Å². The maximum Gasteiger partial charge on any atom is 0.224 e. The van der Waals surface area contributed by atoms with Crippen LogP contribution >= 0.6 is 11.6 Å². The first-order valence-electron chi connectivity index (χ1n) is 14.6. The number of ether oxygens (including phenoxy) is 2. The molecular formula is C34H38ClNO4. The van der Waals surface area contributed by atoms with Gasteiger partial charge in [0.25, 0.3) is 0 Å². The Hall–Kier alpha value is -2.86. The van der Waals surface area contributed by atoms with Gasteiger partial charge in [-0.2, -0.15) is 0 Å². The molecule has 1 aliphatic heterocycles. The number of fused-ring (bicyclic) bond motifs is 1. The Morgan fingerprint density at radius 3 is 2.65 bits per heavy atom. The molecule has 40 heavy (non-hydrogen) atoms. The number of hydrogen-bond acceptors (Lipinski definition) is 4. The van der Waals surface area contributed by atoms with E-state index in [9.17, 15) is 9.90 Å². The molecule has 1 heterocycles. The fraction of sp³-hybridized carbons (Fsp3) is 0.441. The number of benzene rings is 3. The predicted molar refractivity (Wildman–Crippen MR) is 158 cm³/mol. The summed E-state index contributed by atoms with van der Waals surface area (Å²) in [6.45, 7) is 4.50. The van der Waals surface area contributed by atoms with Crippen molar-refractivity contribution in [2.75, 3.05) is 11.9 Å². The molecule has 0 aromatic heterocycles. The highest BCUT2D eigenvalue weighted by molar-refractivity contribution is 6.31. The molecule has 6 heteroatoms. The van der Waals surface area contributed by atoms with E-state index in [-0.39, 0.29) is 23.5 Å². The highest BCUT2D eigenvalue weighted by atomic mass is 35.5. The van der Waals surface area contributed by atoms with Gasteiger partial charge in [0.2, 0.25) is 5.91 Å². The number of para-hydroxylation sites is 1. The molecule has 2 saturated carbocycles. The van der Waals surface area contributed by atoms with Crippen LogP contribution in [0.5, 0.6) is 5.75 Å². The van der Waals surface area contributed by atoms with Crippen molar-refractivity contribution in [2.45, 2.75) is 76.1 Å². The minimum atomic E-state index is -0.392. The Morgan fingerprint density at radius 2 is 1.90 bits per heavy atom. The van der Waals surface area contributed by atoms with Crippen LogP contribution in [0.3, 0.4) is 0 Å². The first kappa shape index (κ1) is 27.3. The minimum Gasteiger partial charge on any atom is -0.494 e. The maximum atomic E-state index is 12.1. The van der Waals surface area contributed by atoms with Gasteiger partial charge in [-0.05, 0) is 91.0 Å². The number of rotatable bonds is 10. The van der Waals surface area contributed by atoms with Gasteiger partial charge in [0.05, 0.1) is 24.9 Å². The van der Waals surface area contributed by atoms with Gasteiger partial charge in [-0.3, -0.25) is 4.79 Å². The summed E-state index contributed by atoms with van der Waals surface area (Å²) in [7, 11) is 0. The summed E-state index contributed by atoms with van der Waals surface area (Å²) < 4.78 is 12.2. The van der Waals surface area contributed by atoms with Crippen molar-refractivity contribution in [3.63, 3.8) is 0 Å². The summed E-state index contributed by atoms with van der Waals surface area (Å²) in [5, 5.41) is 14.7. The number of amides is 1. The second kappa shape index (κ2) is 11.2. The van der Waals surface area contributed by atoms with Crippen molar-refractivity contribution in [1.29, 1.82) is 0 Å². The van der Waals surface area contributed by atoms with Gasteiger partial charge in [-0.15, -0.1) is 0 Å². The van der Waals surface area contributed by atoms with Gasteiger partial charge in [0.1, 0.15) is 5.75 Å². The summed E-state index contributed by atoms with van der Waals surface area (Å²) >= 11 is 6.61. The molecule has 0 bridgehead atoms. The number of aliphatic hydroxyl groups excluding tert-OH is 1. The summed E-state index contributed by atoms with van der Waals surface area (Å²) in [4.78, 5) is 12.1. The average molecular weight is 560 g/mol. The largest absolute Gasteiger partial charge is 0.494 e. The van der Waals surface area contributed by atoms with E-state index in [0.717, 1.165) is 40.4 Å². The summed E-state index contributed by atoms with van der Waals surface area (Å²) in [6, 6.07) is 22.5. The van der Waals surface area contributed by atoms with Crippen LogP contribution in [0.25, 0.3) is 0 Å². The van der Waals surface area contributed by atoms with Gasteiger partial charge in [0, 0.05) is 29.0 Å². The number of hydrogen-bond donors (Lipinski definition) is 2. The molecule has 0 spiro atoms. The van der Waals surface area contributed by atoms with Crippen molar-refractivity contribution >= 4 is 23.2 Å². The Bertz CT molecular complexity index is 1370. The molecule has 3 aromatic rings. The monoisotopic (exact) mass is 559 g/mol. The SMILES string of the molecule is CCOc1ccc(Cc2cc([C@H]3C[C@@H](O)C[C@@H](CC4C5CC45c4ccccc4NC(=O)CC)O3)ccc2Cl)cc1. The van der Waals surface area contributed by atoms with Crippen LogP contribution in [0.1, 0.15) is 74.3 Å². The van der Waals surface area contributed by atoms with Gasteiger partial charge in [-0.25, -0.2) is 0 Å². The first-order chi connectivity index (χ1) is 19.4. The zero-order chi connectivity index (χ0) is 27.9. The lowest BCUT2D eigenvalue weighted by Crippen LogP contribution is -2.32. The number of carbonyl (C=O) groups is 1. The number of carbonyl (C=O) groups excluding carboxylic acids is 1. The predicted octanol–water partition coefficient (Wildman–Crippen LogP) is 7.24. The van der Waals surface area contributed by atoms with E-state index in [1.807, 2.05) is 50.2 Å². The topological polar surface area (TPSA) is 67.8 Å². The van der Waals surface area contributed by atoms with Crippen LogP contribution in [-0.4, -0.2) is 29.8 Å². The molecule has 3 unspecified atom stereocenters. The Kier molecular flexibility index (Phi) is 7.64. The standard InChI is InChI=1S/C34H38ClNO4/c1-3-33(38)36-31-8-6-5-7-27(31)34-20-29(34)28(34)19-26-17-24(37)18-32(40-26)22-11-14-30(35)23(16-22)15-21-9-12-25(13-10-21)39-4-2/h5-14,16,24,26,28-29,32,37H,3-4,15,17-20H2,1-2H3,(H,36,38)/t24-,26-,28?,29?,32+,34?/m0/s1. The molecule has 210 valence electrons. The van der Waals surface area contributed by atoms with Crippen LogP contribution in [0.4, 0.5) is 5.69 Å². The number of halogens is 1. The van der Waals surface area contributed by atoms with Crippen molar-refractivity contribution in [3.8, 4) is 5.75 Å². The van der Waals surface area contributed by atoms with E-state index in [4.69, 9.17) is 21.1 Å². The minimum absolute atomic E-state index is 0.00561. The lowest BCUT2D eigenvalue weighted by atomic mass is 9.88. The molecular weight excluding hydrogens is 522 g/mol. The number of aliphatic hydroxyl groups is 1. The number of nitrogens with one attached hydrogen (secondary N) is 1. The summed E-state index contributed by atoms with van der Waals surface area (Å²) in [5.41, 5.74) is 5.65. The fourth-order valence-corrected chi connectivity index (χ4v) is 7.01. The quantitative estimate of drug-likeness (QED) is 0.275. The molecule has 5 nitrogen and oxygen atoms in total.